The summed E-state index contributed by atoms with van der Waals surface area (Å²) in [5, 5.41) is 0. The molecule has 20 heavy (non-hydrogen) atoms. The van der Waals surface area contributed by atoms with Gasteiger partial charge in [-0.25, -0.2) is 9.37 Å². The van der Waals surface area contributed by atoms with Crippen LogP contribution in [0, 0.1) is 5.82 Å². The van der Waals surface area contributed by atoms with Gasteiger partial charge >= 0.3 is 0 Å². The van der Waals surface area contributed by atoms with Crippen LogP contribution in [0.5, 0.6) is 0 Å². The Bertz CT molecular complexity index is 623. The lowest BCUT2D eigenvalue weighted by Gasteiger charge is -2.27. The van der Waals surface area contributed by atoms with Crippen molar-refractivity contribution < 1.29 is 13.9 Å². The summed E-state index contributed by atoms with van der Waals surface area (Å²) in [6.07, 6.45) is 0.825. The minimum absolute atomic E-state index is 0.275. The molecule has 0 aliphatic carbocycles. The van der Waals surface area contributed by atoms with E-state index in [-0.39, 0.29) is 17.3 Å². The lowest BCUT2D eigenvalue weighted by molar-refractivity contribution is -0.0291. The highest BCUT2D eigenvalue weighted by molar-refractivity contribution is 6.16. The number of nitrogens with zero attached hydrogens (tertiary/aromatic N) is 2. The second-order valence-electron chi connectivity index (χ2n) is 5.07. The van der Waals surface area contributed by atoms with Crippen molar-refractivity contribution in [1.29, 1.82) is 0 Å². The van der Waals surface area contributed by atoms with Crippen LogP contribution in [0.25, 0.3) is 11.0 Å². The third-order valence-electron chi connectivity index (χ3n) is 3.86. The van der Waals surface area contributed by atoms with E-state index in [1.54, 1.807) is 13.2 Å². The quantitative estimate of drug-likeness (QED) is 0.814. The fourth-order valence-electron chi connectivity index (χ4n) is 2.66. The lowest BCUT2D eigenvalue weighted by Crippen LogP contribution is -2.37. The van der Waals surface area contributed by atoms with Crippen LogP contribution in [0.15, 0.2) is 18.2 Å². The number of fused-ring (bicyclic) bond motifs is 1. The van der Waals surface area contributed by atoms with Gasteiger partial charge in [0.15, 0.2) is 0 Å². The van der Waals surface area contributed by atoms with Crippen molar-refractivity contribution in [3.63, 3.8) is 0 Å². The standard InChI is InChI=1S/C14H16ClFN2O2/c1-19-14(4-5-20-9-14)8-18-12-3-2-10(16)6-11(12)17-13(18)7-15/h2-3,6H,4-5,7-9H2,1H3. The predicted octanol–water partition coefficient (Wildman–Crippen LogP) is 2.72. The average Bonchev–Trinajstić information content (AvgIpc) is 3.04. The minimum Gasteiger partial charge on any atom is -0.378 e. The van der Waals surface area contributed by atoms with Crippen molar-refractivity contribution in [2.24, 2.45) is 0 Å². The highest BCUT2D eigenvalue weighted by atomic mass is 35.5. The van der Waals surface area contributed by atoms with E-state index in [1.807, 2.05) is 4.57 Å². The molecule has 4 nitrogen and oxygen atoms in total. The number of benzene rings is 1. The van der Waals surface area contributed by atoms with Gasteiger partial charge in [0.25, 0.3) is 0 Å². The fourth-order valence-corrected chi connectivity index (χ4v) is 2.86. The molecule has 0 N–H and O–H groups in total. The molecule has 1 aromatic carbocycles. The van der Waals surface area contributed by atoms with Gasteiger partial charge in [0.2, 0.25) is 0 Å². The fraction of sp³-hybridized carbons (Fsp3) is 0.500. The maximum absolute atomic E-state index is 13.3. The Morgan fingerprint density at radius 2 is 2.40 bits per heavy atom. The van der Waals surface area contributed by atoms with Crippen molar-refractivity contribution in [3.05, 3.63) is 29.8 Å². The highest BCUT2D eigenvalue weighted by Gasteiger charge is 2.36. The van der Waals surface area contributed by atoms with Crippen LogP contribution in [-0.4, -0.2) is 35.5 Å². The summed E-state index contributed by atoms with van der Waals surface area (Å²) in [4.78, 5) is 4.39. The van der Waals surface area contributed by atoms with Crippen LogP contribution in [0.3, 0.4) is 0 Å². The van der Waals surface area contributed by atoms with Gasteiger partial charge in [-0.3, -0.25) is 0 Å². The van der Waals surface area contributed by atoms with Crippen LogP contribution in [0.1, 0.15) is 12.2 Å². The van der Waals surface area contributed by atoms with Crippen molar-refractivity contribution in [2.45, 2.75) is 24.4 Å². The largest absolute Gasteiger partial charge is 0.378 e. The molecule has 6 heteroatoms. The first kappa shape index (κ1) is 13.8. The molecule has 1 saturated heterocycles. The molecular weight excluding hydrogens is 283 g/mol. The summed E-state index contributed by atoms with van der Waals surface area (Å²) in [5.41, 5.74) is 1.12. The van der Waals surface area contributed by atoms with Crippen LogP contribution in [0.4, 0.5) is 4.39 Å². The Labute approximate surface area is 121 Å². The van der Waals surface area contributed by atoms with Crippen molar-refractivity contribution in [1.82, 2.24) is 9.55 Å². The lowest BCUT2D eigenvalue weighted by atomic mass is 10.0. The summed E-state index contributed by atoms with van der Waals surface area (Å²) in [5.74, 6) is 0.696. The van der Waals surface area contributed by atoms with E-state index >= 15 is 0 Å². The first-order valence-corrected chi connectivity index (χ1v) is 7.04. The molecule has 1 aromatic heterocycles. The molecule has 1 fully saturated rings. The van der Waals surface area contributed by atoms with E-state index in [9.17, 15) is 4.39 Å². The van der Waals surface area contributed by atoms with Gasteiger partial charge < -0.3 is 14.0 Å². The molecule has 1 unspecified atom stereocenters. The van der Waals surface area contributed by atoms with Crippen LogP contribution in [0.2, 0.25) is 0 Å². The van der Waals surface area contributed by atoms with Crippen LogP contribution >= 0.6 is 11.6 Å². The first-order valence-electron chi connectivity index (χ1n) is 6.51. The second kappa shape index (κ2) is 5.31. The van der Waals surface area contributed by atoms with E-state index in [1.165, 1.54) is 12.1 Å². The molecule has 1 aliphatic heterocycles. The molecule has 0 spiro atoms. The van der Waals surface area contributed by atoms with E-state index < -0.39 is 0 Å². The smallest absolute Gasteiger partial charge is 0.125 e. The molecule has 1 atom stereocenters. The molecule has 3 rings (SSSR count). The van der Waals surface area contributed by atoms with Gasteiger partial charge in [-0.15, -0.1) is 11.6 Å². The maximum atomic E-state index is 13.3. The summed E-state index contributed by atoms with van der Waals surface area (Å²) < 4.78 is 26.4. The molecule has 2 heterocycles. The van der Waals surface area contributed by atoms with E-state index in [4.69, 9.17) is 21.1 Å². The molecule has 2 aromatic rings. The SMILES string of the molecule is COC1(Cn2c(CCl)nc3cc(F)ccc32)CCOC1. The zero-order valence-electron chi connectivity index (χ0n) is 11.2. The molecular formula is C14H16ClFN2O2. The Balaban J connectivity index is 2.05. The Morgan fingerprint density at radius 3 is 3.05 bits per heavy atom. The second-order valence-corrected chi connectivity index (χ2v) is 5.34. The van der Waals surface area contributed by atoms with Crippen LogP contribution < -0.4 is 0 Å². The number of ether oxygens (including phenoxy) is 2. The number of methoxy groups -OCH3 is 1. The number of imidazole rings is 1. The van der Waals surface area contributed by atoms with Gasteiger partial charge in [0.1, 0.15) is 17.2 Å². The van der Waals surface area contributed by atoms with E-state index in [2.05, 4.69) is 4.98 Å². The summed E-state index contributed by atoms with van der Waals surface area (Å²) in [7, 11) is 1.69. The molecule has 1 aliphatic rings. The number of halogens is 2. The van der Waals surface area contributed by atoms with Crippen molar-refractivity contribution in [2.75, 3.05) is 20.3 Å². The van der Waals surface area contributed by atoms with Gasteiger partial charge in [-0.1, -0.05) is 0 Å². The summed E-state index contributed by atoms with van der Waals surface area (Å²) in [6, 6.07) is 4.59. The number of rotatable bonds is 4. The molecule has 108 valence electrons. The summed E-state index contributed by atoms with van der Waals surface area (Å²) in [6.45, 7) is 1.84. The van der Waals surface area contributed by atoms with E-state index in [0.717, 1.165) is 17.8 Å². The topological polar surface area (TPSA) is 36.3 Å². The summed E-state index contributed by atoms with van der Waals surface area (Å²) >= 11 is 5.97. The molecule has 0 amide bonds. The van der Waals surface area contributed by atoms with Crippen molar-refractivity contribution in [3.8, 4) is 0 Å². The highest BCUT2D eigenvalue weighted by Crippen LogP contribution is 2.28. The Kier molecular flexibility index (Phi) is 3.67. The van der Waals surface area contributed by atoms with Gasteiger partial charge in [0.05, 0.1) is 30.1 Å². The zero-order valence-corrected chi connectivity index (χ0v) is 12.0. The van der Waals surface area contributed by atoms with Gasteiger partial charge in [-0.05, 0) is 12.1 Å². The number of hydrogen-bond acceptors (Lipinski definition) is 3. The third-order valence-corrected chi connectivity index (χ3v) is 4.09. The van der Waals surface area contributed by atoms with Crippen LogP contribution in [-0.2, 0) is 21.9 Å². The number of hydrogen-bond donors (Lipinski definition) is 0. The molecule has 0 bridgehead atoms. The molecule has 0 radical (unpaired) electrons. The monoisotopic (exact) mass is 298 g/mol. The zero-order chi connectivity index (χ0) is 14.2. The number of aromatic nitrogens is 2. The Hall–Kier alpha value is -1.17. The first-order chi connectivity index (χ1) is 9.67. The normalized spacial score (nSPS) is 22.8. The van der Waals surface area contributed by atoms with E-state index in [0.29, 0.717) is 25.3 Å². The van der Waals surface area contributed by atoms with Crippen molar-refractivity contribution >= 4 is 22.6 Å². The minimum atomic E-state index is -0.358. The molecule has 0 saturated carbocycles. The van der Waals surface area contributed by atoms with Gasteiger partial charge in [0, 0.05) is 26.2 Å². The third kappa shape index (κ3) is 2.30. The number of alkyl halides is 1. The van der Waals surface area contributed by atoms with Gasteiger partial charge in [-0.2, -0.15) is 0 Å². The average molecular weight is 299 g/mol. The predicted molar refractivity (Wildman–Crippen MR) is 74.4 cm³/mol. The Morgan fingerprint density at radius 1 is 1.55 bits per heavy atom. The maximum Gasteiger partial charge on any atom is 0.125 e.